The highest BCUT2D eigenvalue weighted by molar-refractivity contribution is 5.97. The minimum absolute atomic E-state index is 0.366. The molecule has 3 aromatic carbocycles. The molecule has 0 bridgehead atoms. The summed E-state index contributed by atoms with van der Waals surface area (Å²) in [5.74, 6) is -0.203. The molecule has 2 N–H and O–H groups in total. The summed E-state index contributed by atoms with van der Waals surface area (Å²) in [7, 11) is 0. The lowest BCUT2D eigenvalue weighted by molar-refractivity contribution is -0.128. The summed E-state index contributed by atoms with van der Waals surface area (Å²) in [6.45, 7) is 3.46. The van der Waals surface area contributed by atoms with Crippen molar-refractivity contribution in [1.82, 2.24) is 10.9 Å². The van der Waals surface area contributed by atoms with E-state index in [9.17, 15) is 9.59 Å². The van der Waals surface area contributed by atoms with Crippen LogP contribution in [-0.4, -0.2) is 17.9 Å². The number of aryl methyl sites for hydroxylation is 1. The fraction of sp³-hybridized carbons (Fsp3) is 0.143. The molecule has 0 aliphatic heterocycles. The minimum atomic E-state index is -0.756. The molecule has 2 amide bonds. The highest BCUT2D eigenvalue weighted by atomic mass is 16.5. The molecule has 0 saturated carbocycles. The Morgan fingerprint density at radius 3 is 2.35 bits per heavy atom. The first kappa shape index (κ1) is 17.5. The maximum Gasteiger partial charge on any atom is 0.279 e. The molecule has 0 spiro atoms. The van der Waals surface area contributed by atoms with Gasteiger partial charge in [-0.25, -0.2) is 0 Å². The third-order valence-electron chi connectivity index (χ3n) is 4.09. The second-order valence-corrected chi connectivity index (χ2v) is 6.03. The molecule has 3 aromatic rings. The van der Waals surface area contributed by atoms with E-state index in [0.717, 1.165) is 16.3 Å². The molecule has 0 fully saturated rings. The summed E-state index contributed by atoms with van der Waals surface area (Å²) < 4.78 is 5.68. The summed E-state index contributed by atoms with van der Waals surface area (Å²) in [6.07, 6.45) is -0.756. The second-order valence-electron chi connectivity index (χ2n) is 6.03. The predicted molar refractivity (Wildman–Crippen MR) is 101 cm³/mol. The van der Waals surface area contributed by atoms with E-state index in [4.69, 9.17) is 4.74 Å². The molecule has 0 saturated heterocycles. The van der Waals surface area contributed by atoms with E-state index >= 15 is 0 Å². The number of fused-ring (bicyclic) bond motifs is 1. The van der Waals surface area contributed by atoms with Crippen LogP contribution in [0.4, 0.5) is 0 Å². The number of carbonyl (C=O) groups is 2. The van der Waals surface area contributed by atoms with Gasteiger partial charge in [0.1, 0.15) is 5.75 Å². The van der Waals surface area contributed by atoms with Gasteiger partial charge in [-0.3, -0.25) is 20.4 Å². The maximum atomic E-state index is 12.2. The zero-order valence-electron chi connectivity index (χ0n) is 14.7. The van der Waals surface area contributed by atoms with E-state index in [1.807, 2.05) is 61.5 Å². The molecule has 0 aliphatic rings. The zero-order valence-corrected chi connectivity index (χ0v) is 14.7. The first-order valence-corrected chi connectivity index (χ1v) is 8.36. The van der Waals surface area contributed by atoms with Gasteiger partial charge in [-0.1, -0.05) is 48.5 Å². The van der Waals surface area contributed by atoms with Gasteiger partial charge in [-0.05, 0) is 48.4 Å². The molecule has 0 radical (unpaired) electrons. The average Bonchev–Trinajstić information content (AvgIpc) is 2.66. The Labute approximate surface area is 152 Å². The lowest BCUT2D eigenvalue weighted by atomic mass is 10.1. The topological polar surface area (TPSA) is 67.4 Å². The molecule has 0 unspecified atom stereocenters. The zero-order chi connectivity index (χ0) is 18.5. The van der Waals surface area contributed by atoms with Crippen LogP contribution in [0, 0.1) is 6.92 Å². The Hall–Kier alpha value is -3.34. The van der Waals surface area contributed by atoms with Gasteiger partial charge in [0.25, 0.3) is 11.8 Å². The van der Waals surface area contributed by atoms with Gasteiger partial charge >= 0.3 is 0 Å². The Morgan fingerprint density at radius 2 is 1.58 bits per heavy atom. The van der Waals surface area contributed by atoms with Crippen molar-refractivity contribution in [1.29, 1.82) is 0 Å². The van der Waals surface area contributed by atoms with Gasteiger partial charge in [0.05, 0.1) is 0 Å². The van der Waals surface area contributed by atoms with Crippen molar-refractivity contribution in [2.24, 2.45) is 0 Å². The van der Waals surface area contributed by atoms with Crippen LogP contribution in [0.5, 0.6) is 5.75 Å². The monoisotopic (exact) mass is 348 g/mol. The minimum Gasteiger partial charge on any atom is -0.481 e. The van der Waals surface area contributed by atoms with Crippen molar-refractivity contribution in [2.45, 2.75) is 20.0 Å². The Kier molecular flexibility index (Phi) is 5.17. The van der Waals surface area contributed by atoms with Crippen LogP contribution in [0.25, 0.3) is 10.8 Å². The quantitative estimate of drug-likeness (QED) is 0.710. The largest absolute Gasteiger partial charge is 0.481 e. The van der Waals surface area contributed by atoms with Gasteiger partial charge < -0.3 is 4.74 Å². The molecule has 26 heavy (non-hydrogen) atoms. The first-order chi connectivity index (χ1) is 12.5. The van der Waals surface area contributed by atoms with Gasteiger partial charge in [0.15, 0.2) is 6.10 Å². The number of hydrogen-bond acceptors (Lipinski definition) is 3. The SMILES string of the molecule is Cc1ccccc1C(=O)NNC(=O)[C@H](C)Oc1ccc2ccccc2c1. The van der Waals surface area contributed by atoms with E-state index in [1.165, 1.54) is 0 Å². The Morgan fingerprint density at radius 1 is 0.885 bits per heavy atom. The molecule has 3 rings (SSSR count). The van der Waals surface area contributed by atoms with E-state index in [2.05, 4.69) is 10.9 Å². The average molecular weight is 348 g/mol. The fourth-order valence-corrected chi connectivity index (χ4v) is 2.61. The first-order valence-electron chi connectivity index (χ1n) is 8.36. The molecule has 132 valence electrons. The molecule has 5 nitrogen and oxygen atoms in total. The van der Waals surface area contributed by atoms with E-state index in [0.29, 0.717) is 11.3 Å². The number of hydrazine groups is 1. The second kappa shape index (κ2) is 7.70. The summed E-state index contributed by atoms with van der Waals surface area (Å²) in [4.78, 5) is 24.3. The van der Waals surface area contributed by atoms with E-state index in [-0.39, 0.29) is 5.91 Å². The van der Waals surface area contributed by atoms with Crippen LogP contribution in [0.1, 0.15) is 22.8 Å². The van der Waals surface area contributed by atoms with Crippen molar-refractivity contribution in [3.63, 3.8) is 0 Å². The number of ether oxygens (including phenoxy) is 1. The van der Waals surface area contributed by atoms with Gasteiger partial charge in [0.2, 0.25) is 0 Å². The number of carbonyl (C=O) groups excluding carboxylic acids is 2. The van der Waals surface area contributed by atoms with Gasteiger partial charge in [-0.2, -0.15) is 0 Å². The van der Waals surface area contributed by atoms with Crippen LogP contribution in [0.3, 0.4) is 0 Å². The molecular weight excluding hydrogens is 328 g/mol. The molecule has 5 heteroatoms. The third kappa shape index (κ3) is 4.00. The molecule has 1 atom stereocenters. The van der Waals surface area contributed by atoms with Crippen LogP contribution in [0.2, 0.25) is 0 Å². The van der Waals surface area contributed by atoms with Crippen molar-refractivity contribution >= 4 is 22.6 Å². The smallest absolute Gasteiger partial charge is 0.279 e. The molecule has 0 aliphatic carbocycles. The summed E-state index contributed by atoms with van der Waals surface area (Å²) in [6, 6.07) is 20.7. The third-order valence-corrected chi connectivity index (χ3v) is 4.09. The van der Waals surface area contributed by atoms with Crippen molar-refractivity contribution in [3.05, 3.63) is 77.9 Å². The summed E-state index contributed by atoms with van der Waals surface area (Å²) in [5.41, 5.74) is 6.16. The molecular formula is C21H20N2O3. The predicted octanol–water partition coefficient (Wildman–Crippen LogP) is 3.38. The maximum absolute atomic E-state index is 12.2. The number of rotatable bonds is 4. The Bertz CT molecular complexity index is 953. The van der Waals surface area contributed by atoms with E-state index in [1.54, 1.807) is 19.1 Å². The summed E-state index contributed by atoms with van der Waals surface area (Å²) in [5, 5.41) is 2.13. The van der Waals surface area contributed by atoms with Crippen molar-refractivity contribution < 1.29 is 14.3 Å². The standard InChI is InChI=1S/C21H20N2O3/c1-14-7-3-6-10-19(14)21(25)23-22-20(24)15(2)26-18-12-11-16-8-4-5-9-17(16)13-18/h3-13,15H,1-2H3,(H,22,24)(H,23,25)/t15-/m0/s1. The van der Waals surface area contributed by atoms with Crippen LogP contribution in [-0.2, 0) is 4.79 Å². The number of amides is 2. The van der Waals surface area contributed by atoms with Crippen molar-refractivity contribution in [2.75, 3.05) is 0 Å². The van der Waals surface area contributed by atoms with Gasteiger partial charge in [0, 0.05) is 5.56 Å². The number of hydrogen-bond donors (Lipinski definition) is 2. The fourth-order valence-electron chi connectivity index (χ4n) is 2.61. The van der Waals surface area contributed by atoms with Crippen LogP contribution >= 0.6 is 0 Å². The van der Waals surface area contributed by atoms with Crippen molar-refractivity contribution in [3.8, 4) is 5.75 Å². The Balaban J connectivity index is 1.59. The summed E-state index contributed by atoms with van der Waals surface area (Å²) >= 11 is 0. The highest BCUT2D eigenvalue weighted by Crippen LogP contribution is 2.21. The number of benzene rings is 3. The molecule has 0 aromatic heterocycles. The normalized spacial score (nSPS) is 11.6. The van der Waals surface area contributed by atoms with Crippen LogP contribution < -0.4 is 15.6 Å². The lowest BCUT2D eigenvalue weighted by Gasteiger charge is -2.16. The van der Waals surface area contributed by atoms with Crippen LogP contribution in [0.15, 0.2) is 66.7 Å². The molecule has 0 heterocycles. The van der Waals surface area contributed by atoms with Gasteiger partial charge in [-0.15, -0.1) is 0 Å². The lowest BCUT2D eigenvalue weighted by Crippen LogP contribution is -2.47. The highest BCUT2D eigenvalue weighted by Gasteiger charge is 2.16. The number of nitrogens with one attached hydrogen (secondary N) is 2. The van der Waals surface area contributed by atoms with E-state index < -0.39 is 12.0 Å².